The molecule has 1 aromatic rings. The van der Waals surface area contributed by atoms with E-state index in [9.17, 15) is 14.3 Å². The molecule has 0 saturated carbocycles. The van der Waals surface area contributed by atoms with Gasteiger partial charge in [-0.25, -0.2) is 9.36 Å². The summed E-state index contributed by atoms with van der Waals surface area (Å²) in [5.41, 5.74) is 0. The second kappa shape index (κ2) is 20.1. The molecule has 0 fully saturated rings. The van der Waals surface area contributed by atoms with Crippen LogP contribution in [0.3, 0.4) is 0 Å². The van der Waals surface area contributed by atoms with Crippen LogP contribution in [0.2, 0.25) is 0 Å². The van der Waals surface area contributed by atoms with Crippen molar-refractivity contribution in [1.82, 2.24) is 0 Å². The molecule has 1 N–H and O–H groups in total. The van der Waals surface area contributed by atoms with Crippen LogP contribution < -0.4 is 5.30 Å². The van der Waals surface area contributed by atoms with Crippen molar-refractivity contribution in [3.8, 4) is 0 Å². The molecule has 0 aliphatic rings. The summed E-state index contributed by atoms with van der Waals surface area (Å²) in [6.07, 6.45) is 22.3. The number of hydrogen-bond donors (Lipinski definition) is 1. The number of carbonyl (C=O) groups excluding carboxylic acids is 1. The summed E-state index contributed by atoms with van der Waals surface area (Å²) >= 11 is 0. The largest absolute Gasteiger partial charge is 0.515 e. The quantitative estimate of drug-likeness (QED) is 0.108. The molecule has 1 unspecified atom stereocenters. The maximum absolute atomic E-state index is 12.1. The molecule has 0 bridgehead atoms. The SMILES string of the molecule is CCCCCCCCCCCCCCCCCCCCOC(=O)OP(=O)(O)c1ccccc1. The van der Waals surface area contributed by atoms with E-state index in [0.717, 1.165) is 19.3 Å². The Morgan fingerprint density at radius 1 is 0.697 bits per heavy atom. The average Bonchev–Trinajstić information content (AvgIpc) is 2.81. The van der Waals surface area contributed by atoms with Gasteiger partial charge in [0.25, 0.3) is 0 Å². The van der Waals surface area contributed by atoms with Gasteiger partial charge in [0.1, 0.15) is 0 Å². The van der Waals surface area contributed by atoms with Gasteiger partial charge in [-0.15, -0.1) is 0 Å². The monoisotopic (exact) mass is 482 g/mol. The van der Waals surface area contributed by atoms with Crippen molar-refractivity contribution in [2.45, 2.75) is 122 Å². The Morgan fingerprint density at radius 3 is 1.52 bits per heavy atom. The maximum atomic E-state index is 12.1. The minimum atomic E-state index is -4.17. The molecular formula is C27H47O5P. The highest BCUT2D eigenvalue weighted by atomic mass is 31.2. The third kappa shape index (κ3) is 16.9. The van der Waals surface area contributed by atoms with Gasteiger partial charge < -0.3 is 14.2 Å². The summed E-state index contributed by atoms with van der Waals surface area (Å²) < 4.78 is 21.6. The Morgan fingerprint density at radius 2 is 1.09 bits per heavy atom. The highest BCUT2D eigenvalue weighted by Crippen LogP contribution is 2.40. The van der Waals surface area contributed by atoms with Gasteiger partial charge in [-0.1, -0.05) is 134 Å². The highest BCUT2D eigenvalue weighted by molar-refractivity contribution is 7.61. The van der Waals surface area contributed by atoms with Crippen LogP contribution >= 0.6 is 7.60 Å². The molecular weight excluding hydrogens is 435 g/mol. The van der Waals surface area contributed by atoms with E-state index in [2.05, 4.69) is 11.4 Å². The van der Waals surface area contributed by atoms with E-state index in [4.69, 9.17) is 4.74 Å². The van der Waals surface area contributed by atoms with E-state index in [-0.39, 0.29) is 11.9 Å². The third-order valence-electron chi connectivity index (χ3n) is 6.00. The van der Waals surface area contributed by atoms with Crippen LogP contribution in [0.15, 0.2) is 30.3 Å². The lowest BCUT2D eigenvalue weighted by atomic mass is 10.0. The highest BCUT2D eigenvalue weighted by Gasteiger charge is 2.27. The summed E-state index contributed by atoms with van der Waals surface area (Å²) in [4.78, 5) is 21.5. The van der Waals surface area contributed by atoms with Crippen molar-refractivity contribution in [1.29, 1.82) is 0 Å². The molecule has 5 nitrogen and oxygen atoms in total. The van der Waals surface area contributed by atoms with Crippen LogP contribution in [-0.4, -0.2) is 17.7 Å². The summed E-state index contributed by atoms with van der Waals surface area (Å²) in [7, 11) is -4.17. The number of benzene rings is 1. The summed E-state index contributed by atoms with van der Waals surface area (Å²) in [5.74, 6) is 0. The van der Waals surface area contributed by atoms with Crippen LogP contribution in [0.25, 0.3) is 0 Å². The first-order valence-corrected chi connectivity index (χ1v) is 14.9. The second-order valence-corrected chi connectivity index (χ2v) is 10.8. The molecule has 190 valence electrons. The Hall–Kier alpha value is -1.32. The normalized spacial score (nSPS) is 12.9. The number of hydrogen-bond acceptors (Lipinski definition) is 4. The van der Waals surface area contributed by atoms with Gasteiger partial charge in [-0.3, -0.25) is 0 Å². The average molecular weight is 483 g/mol. The van der Waals surface area contributed by atoms with Gasteiger partial charge >= 0.3 is 13.8 Å². The van der Waals surface area contributed by atoms with E-state index in [0.29, 0.717) is 0 Å². The van der Waals surface area contributed by atoms with Crippen molar-refractivity contribution in [3.05, 3.63) is 30.3 Å². The first-order valence-electron chi connectivity index (χ1n) is 13.3. The first-order chi connectivity index (χ1) is 16.1. The Bertz CT molecular complexity index is 635. The minimum Gasteiger partial charge on any atom is -0.434 e. The van der Waals surface area contributed by atoms with E-state index in [1.807, 2.05) is 0 Å². The Kier molecular flexibility index (Phi) is 18.1. The molecule has 0 aliphatic carbocycles. The molecule has 0 radical (unpaired) electrons. The molecule has 1 aromatic carbocycles. The molecule has 1 rings (SSSR count). The maximum Gasteiger partial charge on any atom is 0.515 e. The van der Waals surface area contributed by atoms with E-state index >= 15 is 0 Å². The second-order valence-electron chi connectivity index (χ2n) is 9.06. The predicted octanol–water partition coefficient (Wildman–Crippen LogP) is 8.69. The standard InChI is InChI=1S/C27H47O5P/c1-2-3-4-5-6-7-8-9-10-11-12-13-14-15-16-17-18-22-25-31-27(28)32-33(29,30)26-23-20-19-21-24-26/h19-21,23-24H,2-18,22,25H2,1H3,(H,29,30). The first kappa shape index (κ1) is 29.7. The smallest absolute Gasteiger partial charge is 0.434 e. The molecule has 0 aromatic heterocycles. The number of carbonyl (C=O) groups is 1. The van der Waals surface area contributed by atoms with Gasteiger partial charge in [0, 0.05) is 0 Å². The van der Waals surface area contributed by atoms with Crippen LogP contribution in [0.4, 0.5) is 4.79 Å². The topological polar surface area (TPSA) is 72.8 Å². The minimum absolute atomic E-state index is 0.0788. The van der Waals surface area contributed by atoms with Crippen molar-refractivity contribution in [3.63, 3.8) is 0 Å². The van der Waals surface area contributed by atoms with E-state index in [1.165, 1.54) is 108 Å². The van der Waals surface area contributed by atoms with E-state index < -0.39 is 13.8 Å². The van der Waals surface area contributed by atoms with Crippen molar-refractivity contribution >= 4 is 19.1 Å². The number of unbranched alkanes of at least 4 members (excludes halogenated alkanes) is 17. The lowest BCUT2D eigenvalue weighted by Crippen LogP contribution is -2.13. The predicted molar refractivity (Wildman–Crippen MR) is 137 cm³/mol. The molecule has 0 saturated heterocycles. The van der Waals surface area contributed by atoms with Crippen LogP contribution in [-0.2, 0) is 13.8 Å². The Balaban J connectivity index is 1.82. The Labute approximate surface area is 202 Å². The summed E-state index contributed by atoms with van der Waals surface area (Å²) in [6.45, 7) is 2.49. The fourth-order valence-electron chi connectivity index (χ4n) is 3.96. The van der Waals surface area contributed by atoms with Crippen molar-refractivity contribution in [2.24, 2.45) is 0 Å². The molecule has 33 heavy (non-hydrogen) atoms. The van der Waals surface area contributed by atoms with Crippen molar-refractivity contribution < 1.29 is 23.5 Å². The lowest BCUT2D eigenvalue weighted by Gasteiger charge is -2.12. The van der Waals surface area contributed by atoms with Crippen LogP contribution in [0, 0.1) is 0 Å². The van der Waals surface area contributed by atoms with Crippen LogP contribution in [0.5, 0.6) is 0 Å². The number of rotatable bonds is 21. The van der Waals surface area contributed by atoms with E-state index in [1.54, 1.807) is 18.2 Å². The zero-order chi connectivity index (χ0) is 24.0. The molecule has 0 amide bonds. The summed E-state index contributed by atoms with van der Waals surface area (Å²) in [6, 6.07) is 7.85. The van der Waals surface area contributed by atoms with Gasteiger partial charge in [0.05, 0.1) is 11.9 Å². The molecule has 1 atom stereocenters. The lowest BCUT2D eigenvalue weighted by molar-refractivity contribution is 0.0944. The zero-order valence-corrected chi connectivity index (χ0v) is 21.7. The number of ether oxygens (including phenoxy) is 1. The van der Waals surface area contributed by atoms with Gasteiger partial charge in [0.15, 0.2) is 0 Å². The molecule has 6 heteroatoms. The summed E-state index contributed by atoms with van der Waals surface area (Å²) in [5, 5.41) is 0.0788. The van der Waals surface area contributed by atoms with Gasteiger partial charge in [-0.2, -0.15) is 0 Å². The zero-order valence-electron chi connectivity index (χ0n) is 20.8. The fourth-order valence-corrected chi connectivity index (χ4v) is 4.86. The van der Waals surface area contributed by atoms with Crippen LogP contribution in [0.1, 0.15) is 122 Å². The van der Waals surface area contributed by atoms with Crippen molar-refractivity contribution in [2.75, 3.05) is 6.61 Å². The molecule has 0 aliphatic heterocycles. The third-order valence-corrected chi connectivity index (χ3v) is 7.35. The van der Waals surface area contributed by atoms with Gasteiger partial charge in [-0.05, 0) is 18.6 Å². The van der Waals surface area contributed by atoms with Gasteiger partial charge in [0.2, 0.25) is 0 Å². The fraction of sp³-hybridized carbons (Fsp3) is 0.741. The molecule has 0 spiro atoms. The molecule has 0 heterocycles.